The van der Waals surface area contributed by atoms with Crippen LogP contribution in [0.15, 0.2) is 71.9 Å². The third-order valence-electron chi connectivity index (χ3n) is 2.84. The number of nitrogens with zero attached hydrogens (tertiary/aromatic N) is 2. The second-order valence-electron chi connectivity index (χ2n) is 4.20. The summed E-state index contributed by atoms with van der Waals surface area (Å²) in [7, 11) is 0. The van der Waals surface area contributed by atoms with Crippen LogP contribution in [0.1, 0.15) is 0 Å². The molecule has 0 fully saturated rings. The number of pyridine rings is 2. The van der Waals surface area contributed by atoms with Gasteiger partial charge in [0, 0.05) is 28.4 Å². The number of benzene rings is 1. The maximum absolute atomic E-state index is 4.69. The zero-order valence-corrected chi connectivity index (χ0v) is 11.1. The summed E-state index contributed by atoms with van der Waals surface area (Å²) in [6, 6.07) is 17.9. The summed E-state index contributed by atoms with van der Waals surface area (Å²) in [5, 5.41) is 0. The summed E-state index contributed by atoms with van der Waals surface area (Å²) in [5.74, 6) is 0. The molecule has 3 aromatic rings. The molecule has 0 aliphatic rings. The number of hydrogen-bond acceptors (Lipinski definition) is 3. The molecular formula is C16H12N2S. The maximum atomic E-state index is 4.69. The van der Waals surface area contributed by atoms with Crippen molar-refractivity contribution in [2.75, 3.05) is 0 Å². The van der Waals surface area contributed by atoms with E-state index < -0.39 is 0 Å². The molecule has 0 atom stereocenters. The number of thiol groups is 1. The Bertz CT molecular complexity index is 624. The lowest BCUT2D eigenvalue weighted by molar-refractivity contribution is 1.25. The number of aromatic nitrogens is 2. The molecule has 0 saturated heterocycles. The molecule has 0 N–H and O–H groups in total. The quantitative estimate of drug-likeness (QED) is 0.705. The fourth-order valence-electron chi connectivity index (χ4n) is 1.94. The predicted molar refractivity (Wildman–Crippen MR) is 80.2 cm³/mol. The smallest absolute Gasteiger partial charge is 0.0736 e. The van der Waals surface area contributed by atoms with Crippen LogP contribution in [0.25, 0.3) is 22.5 Å². The molecule has 1 aromatic carbocycles. The molecule has 19 heavy (non-hydrogen) atoms. The lowest BCUT2D eigenvalue weighted by Crippen LogP contribution is -1.89. The van der Waals surface area contributed by atoms with Gasteiger partial charge in [-0.3, -0.25) is 4.98 Å². The molecule has 0 unspecified atom stereocenters. The van der Waals surface area contributed by atoms with E-state index in [9.17, 15) is 0 Å². The molecule has 2 nitrogen and oxygen atoms in total. The molecule has 2 aromatic heterocycles. The molecular weight excluding hydrogens is 252 g/mol. The molecule has 2 heterocycles. The fourth-order valence-corrected chi connectivity index (χ4v) is 2.18. The Kier molecular flexibility index (Phi) is 3.29. The number of rotatable bonds is 2. The molecule has 0 spiro atoms. The van der Waals surface area contributed by atoms with E-state index in [1.807, 2.05) is 60.8 Å². The Balaban J connectivity index is 2.12. The van der Waals surface area contributed by atoms with Crippen molar-refractivity contribution in [3.8, 4) is 22.5 Å². The zero-order chi connectivity index (χ0) is 13.1. The van der Waals surface area contributed by atoms with Gasteiger partial charge in [0.1, 0.15) is 0 Å². The zero-order valence-electron chi connectivity index (χ0n) is 10.2. The second-order valence-corrected chi connectivity index (χ2v) is 4.72. The summed E-state index contributed by atoms with van der Waals surface area (Å²) in [6.45, 7) is 0. The van der Waals surface area contributed by atoms with Gasteiger partial charge in [-0.25, -0.2) is 4.98 Å². The van der Waals surface area contributed by atoms with E-state index in [1.54, 1.807) is 6.20 Å². The molecule has 0 radical (unpaired) electrons. The van der Waals surface area contributed by atoms with Gasteiger partial charge in [0.15, 0.2) is 0 Å². The predicted octanol–water partition coefficient (Wildman–Crippen LogP) is 4.10. The van der Waals surface area contributed by atoms with Gasteiger partial charge in [0.05, 0.1) is 11.4 Å². The van der Waals surface area contributed by atoms with E-state index in [0.29, 0.717) is 0 Å². The highest BCUT2D eigenvalue weighted by atomic mass is 32.1. The van der Waals surface area contributed by atoms with E-state index in [2.05, 4.69) is 22.6 Å². The van der Waals surface area contributed by atoms with Crippen molar-refractivity contribution in [3.63, 3.8) is 0 Å². The van der Waals surface area contributed by atoms with E-state index >= 15 is 0 Å². The third-order valence-corrected chi connectivity index (χ3v) is 3.10. The van der Waals surface area contributed by atoms with E-state index in [0.717, 1.165) is 27.4 Å². The SMILES string of the molecule is Sc1cc(-c2ccccc2)nc(-c2cccnc2)c1. The maximum Gasteiger partial charge on any atom is 0.0736 e. The average molecular weight is 264 g/mol. The lowest BCUT2D eigenvalue weighted by atomic mass is 10.1. The standard InChI is InChI=1S/C16H12N2S/c19-14-9-15(12-5-2-1-3-6-12)18-16(10-14)13-7-4-8-17-11-13/h1-11H,(H,18,19). The van der Waals surface area contributed by atoms with Gasteiger partial charge in [0.2, 0.25) is 0 Å². The van der Waals surface area contributed by atoms with Crippen LogP contribution < -0.4 is 0 Å². The van der Waals surface area contributed by atoms with Crippen LogP contribution >= 0.6 is 12.6 Å². The second kappa shape index (κ2) is 5.24. The van der Waals surface area contributed by atoms with E-state index in [1.165, 1.54) is 0 Å². The minimum Gasteiger partial charge on any atom is -0.264 e. The Labute approximate surface area is 117 Å². The lowest BCUT2D eigenvalue weighted by Gasteiger charge is -2.06. The first-order valence-electron chi connectivity index (χ1n) is 6.00. The summed E-state index contributed by atoms with van der Waals surface area (Å²) in [6.07, 6.45) is 3.57. The largest absolute Gasteiger partial charge is 0.264 e. The fraction of sp³-hybridized carbons (Fsp3) is 0. The third kappa shape index (κ3) is 2.66. The normalized spacial score (nSPS) is 10.4. The summed E-state index contributed by atoms with van der Waals surface area (Å²) in [4.78, 5) is 9.71. The summed E-state index contributed by atoms with van der Waals surface area (Å²) < 4.78 is 0. The van der Waals surface area contributed by atoms with Gasteiger partial charge >= 0.3 is 0 Å². The van der Waals surface area contributed by atoms with Gasteiger partial charge in [-0.05, 0) is 24.3 Å². The Morgan fingerprint density at radius 1 is 0.789 bits per heavy atom. The Morgan fingerprint density at radius 3 is 2.16 bits per heavy atom. The first-order chi connectivity index (χ1) is 9.33. The van der Waals surface area contributed by atoms with Crippen LogP contribution in [0.4, 0.5) is 0 Å². The first kappa shape index (κ1) is 11.9. The molecule has 3 rings (SSSR count). The molecule has 0 amide bonds. The Hall–Kier alpha value is -2.13. The highest BCUT2D eigenvalue weighted by Gasteiger charge is 2.05. The highest BCUT2D eigenvalue weighted by molar-refractivity contribution is 7.80. The van der Waals surface area contributed by atoms with Gasteiger partial charge < -0.3 is 0 Å². The van der Waals surface area contributed by atoms with Crippen LogP contribution in [0.3, 0.4) is 0 Å². The summed E-state index contributed by atoms with van der Waals surface area (Å²) in [5.41, 5.74) is 3.89. The van der Waals surface area contributed by atoms with Crippen LogP contribution in [0, 0.1) is 0 Å². The summed E-state index contributed by atoms with van der Waals surface area (Å²) >= 11 is 4.46. The van der Waals surface area contributed by atoms with Crippen LogP contribution in [0.5, 0.6) is 0 Å². The van der Waals surface area contributed by atoms with Gasteiger partial charge in [-0.1, -0.05) is 30.3 Å². The van der Waals surface area contributed by atoms with Crippen molar-refractivity contribution in [3.05, 3.63) is 67.0 Å². The topological polar surface area (TPSA) is 25.8 Å². The molecule has 92 valence electrons. The first-order valence-corrected chi connectivity index (χ1v) is 6.44. The van der Waals surface area contributed by atoms with Crippen molar-refractivity contribution in [1.29, 1.82) is 0 Å². The highest BCUT2D eigenvalue weighted by Crippen LogP contribution is 2.25. The molecule has 0 aliphatic carbocycles. The van der Waals surface area contributed by atoms with Crippen molar-refractivity contribution in [2.45, 2.75) is 4.90 Å². The monoisotopic (exact) mass is 264 g/mol. The van der Waals surface area contributed by atoms with Crippen LogP contribution in [-0.2, 0) is 0 Å². The average Bonchev–Trinajstić information content (AvgIpc) is 2.48. The van der Waals surface area contributed by atoms with Gasteiger partial charge in [0.25, 0.3) is 0 Å². The number of hydrogen-bond donors (Lipinski definition) is 1. The van der Waals surface area contributed by atoms with Crippen LogP contribution in [-0.4, -0.2) is 9.97 Å². The van der Waals surface area contributed by atoms with Gasteiger partial charge in [-0.2, -0.15) is 0 Å². The minimum atomic E-state index is 0.888. The molecule has 0 bridgehead atoms. The van der Waals surface area contributed by atoms with Crippen molar-refractivity contribution in [1.82, 2.24) is 9.97 Å². The Morgan fingerprint density at radius 2 is 1.47 bits per heavy atom. The van der Waals surface area contributed by atoms with E-state index in [-0.39, 0.29) is 0 Å². The van der Waals surface area contributed by atoms with Crippen LogP contribution in [0.2, 0.25) is 0 Å². The molecule has 0 aliphatic heterocycles. The van der Waals surface area contributed by atoms with Crippen molar-refractivity contribution in [2.24, 2.45) is 0 Å². The minimum absolute atomic E-state index is 0.888. The van der Waals surface area contributed by atoms with Crippen molar-refractivity contribution < 1.29 is 0 Å². The molecule has 0 saturated carbocycles. The molecule has 3 heteroatoms. The van der Waals surface area contributed by atoms with Gasteiger partial charge in [-0.15, -0.1) is 12.6 Å². The van der Waals surface area contributed by atoms with E-state index in [4.69, 9.17) is 0 Å². The van der Waals surface area contributed by atoms with Crippen molar-refractivity contribution >= 4 is 12.6 Å².